The summed E-state index contributed by atoms with van der Waals surface area (Å²) in [4.78, 5) is 30.7. The molecule has 4 rings (SSSR count). The zero-order valence-electron chi connectivity index (χ0n) is 14.9. The molecule has 0 atom stereocenters. The molecular weight excluding hydrogens is 358 g/mol. The molecule has 6 heteroatoms. The van der Waals surface area contributed by atoms with Gasteiger partial charge < -0.3 is 10.6 Å². The van der Waals surface area contributed by atoms with Gasteiger partial charge in [0, 0.05) is 28.5 Å². The first kappa shape index (κ1) is 17.4. The molecule has 0 unspecified atom stereocenters. The Kier molecular flexibility index (Phi) is 4.73. The standard InChI is InChI=1S/C21H19N3O2S/c1-13-5-2-3-7-16(13)23-20(26)18-15-6-4-8-17(15)27-21(18)24-19(25)14-9-11-22-12-10-14/h2-3,5,7,9-12H,4,6,8H2,1H3,(H,23,26)(H,24,25). The summed E-state index contributed by atoms with van der Waals surface area (Å²) >= 11 is 1.51. The van der Waals surface area contributed by atoms with Gasteiger partial charge in [0.2, 0.25) is 0 Å². The predicted molar refractivity (Wildman–Crippen MR) is 108 cm³/mol. The van der Waals surface area contributed by atoms with Crippen molar-refractivity contribution in [3.05, 3.63) is 75.9 Å². The van der Waals surface area contributed by atoms with E-state index in [0.717, 1.165) is 36.1 Å². The fraction of sp³-hybridized carbons (Fsp3) is 0.190. The number of amides is 2. The van der Waals surface area contributed by atoms with E-state index in [1.165, 1.54) is 16.2 Å². The third kappa shape index (κ3) is 3.48. The van der Waals surface area contributed by atoms with Gasteiger partial charge in [-0.15, -0.1) is 11.3 Å². The number of aryl methyl sites for hydroxylation is 2. The molecule has 0 aliphatic heterocycles. The number of aromatic nitrogens is 1. The summed E-state index contributed by atoms with van der Waals surface area (Å²) in [6.07, 6.45) is 6.03. The van der Waals surface area contributed by atoms with E-state index in [1.54, 1.807) is 24.5 Å². The van der Waals surface area contributed by atoms with Gasteiger partial charge in [0.05, 0.1) is 5.56 Å². The number of para-hydroxylation sites is 1. The zero-order valence-corrected chi connectivity index (χ0v) is 15.7. The fourth-order valence-electron chi connectivity index (χ4n) is 3.31. The number of nitrogens with one attached hydrogen (secondary N) is 2. The quantitative estimate of drug-likeness (QED) is 0.706. The number of hydrogen-bond acceptors (Lipinski definition) is 4. The average molecular weight is 377 g/mol. The van der Waals surface area contributed by atoms with E-state index in [0.29, 0.717) is 16.1 Å². The van der Waals surface area contributed by atoms with Gasteiger partial charge in [-0.05, 0) is 55.5 Å². The Morgan fingerprint density at radius 2 is 1.78 bits per heavy atom. The first-order valence-corrected chi connectivity index (χ1v) is 9.68. The maximum atomic E-state index is 13.1. The Bertz CT molecular complexity index is 1010. The highest BCUT2D eigenvalue weighted by Crippen LogP contribution is 2.39. The summed E-state index contributed by atoms with van der Waals surface area (Å²) in [7, 11) is 0. The van der Waals surface area contributed by atoms with Crippen molar-refractivity contribution in [1.29, 1.82) is 0 Å². The summed E-state index contributed by atoms with van der Waals surface area (Å²) in [6, 6.07) is 11.0. The summed E-state index contributed by atoms with van der Waals surface area (Å²) in [6.45, 7) is 1.96. The SMILES string of the molecule is Cc1ccccc1NC(=O)c1c(NC(=O)c2ccncc2)sc2c1CCC2. The molecule has 2 aromatic heterocycles. The smallest absolute Gasteiger partial charge is 0.258 e. The number of hydrogen-bond donors (Lipinski definition) is 2. The van der Waals surface area contributed by atoms with Crippen molar-refractivity contribution >= 4 is 33.8 Å². The number of fused-ring (bicyclic) bond motifs is 1. The second-order valence-corrected chi connectivity index (χ2v) is 7.63. The number of benzene rings is 1. The van der Waals surface area contributed by atoms with Crippen LogP contribution in [0.2, 0.25) is 0 Å². The van der Waals surface area contributed by atoms with E-state index in [4.69, 9.17) is 0 Å². The molecule has 2 N–H and O–H groups in total. The minimum absolute atomic E-state index is 0.172. The highest BCUT2D eigenvalue weighted by Gasteiger charge is 2.27. The third-order valence-corrected chi connectivity index (χ3v) is 5.92. The summed E-state index contributed by atoms with van der Waals surface area (Å²) in [5.41, 5.74) is 3.96. The average Bonchev–Trinajstić information content (AvgIpc) is 3.25. The second kappa shape index (κ2) is 7.32. The topological polar surface area (TPSA) is 71.1 Å². The lowest BCUT2D eigenvalue weighted by atomic mass is 10.1. The van der Waals surface area contributed by atoms with Crippen molar-refractivity contribution in [2.24, 2.45) is 0 Å². The van der Waals surface area contributed by atoms with Gasteiger partial charge in [0.25, 0.3) is 11.8 Å². The van der Waals surface area contributed by atoms with Crippen molar-refractivity contribution in [2.45, 2.75) is 26.2 Å². The van der Waals surface area contributed by atoms with E-state index in [2.05, 4.69) is 15.6 Å². The van der Waals surface area contributed by atoms with Gasteiger partial charge >= 0.3 is 0 Å². The predicted octanol–water partition coefficient (Wildman–Crippen LogP) is 4.44. The van der Waals surface area contributed by atoms with Crippen LogP contribution in [0.4, 0.5) is 10.7 Å². The van der Waals surface area contributed by atoms with Crippen LogP contribution in [0.25, 0.3) is 0 Å². The molecule has 0 spiro atoms. The van der Waals surface area contributed by atoms with Gasteiger partial charge in [0.1, 0.15) is 5.00 Å². The second-order valence-electron chi connectivity index (χ2n) is 6.52. The number of anilines is 2. The number of thiophene rings is 1. The van der Waals surface area contributed by atoms with Gasteiger partial charge in [-0.2, -0.15) is 0 Å². The van der Waals surface area contributed by atoms with Gasteiger partial charge in [-0.3, -0.25) is 14.6 Å². The van der Waals surface area contributed by atoms with Crippen LogP contribution in [0.15, 0.2) is 48.8 Å². The van der Waals surface area contributed by atoms with Crippen molar-refractivity contribution in [3.63, 3.8) is 0 Å². The molecule has 0 fully saturated rings. The van der Waals surface area contributed by atoms with E-state index >= 15 is 0 Å². The lowest BCUT2D eigenvalue weighted by molar-refractivity contribution is 0.102. The third-order valence-electron chi connectivity index (χ3n) is 4.71. The van der Waals surface area contributed by atoms with Crippen LogP contribution in [0.1, 0.15) is 43.1 Å². The number of carbonyl (C=O) groups is 2. The molecular formula is C21H19N3O2S. The number of carbonyl (C=O) groups excluding carboxylic acids is 2. The molecule has 0 radical (unpaired) electrons. The Balaban J connectivity index is 1.65. The minimum atomic E-state index is -0.234. The Labute approximate surface area is 161 Å². The molecule has 136 valence electrons. The molecule has 0 saturated heterocycles. The molecule has 1 aliphatic rings. The van der Waals surface area contributed by atoms with Gasteiger partial charge in [-0.25, -0.2) is 0 Å². The van der Waals surface area contributed by atoms with Crippen LogP contribution in [0, 0.1) is 6.92 Å². The maximum Gasteiger partial charge on any atom is 0.258 e. The lowest BCUT2D eigenvalue weighted by Crippen LogP contribution is -2.18. The lowest BCUT2D eigenvalue weighted by Gasteiger charge is -2.11. The molecule has 3 aromatic rings. The minimum Gasteiger partial charge on any atom is -0.322 e. The van der Waals surface area contributed by atoms with Crippen LogP contribution >= 0.6 is 11.3 Å². The van der Waals surface area contributed by atoms with Crippen molar-refractivity contribution < 1.29 is 9.59 Å². The Hall–Kier alpha value is -2.99. The molecule has 1 aliphatic carbocycles. The normalized spacial score (nSPS) is 12.5. The zero-order chi connectivity index (χ0) is 18.8. The van der Waals surface area contributed by atoms with Gasteiger partial charge in [-0.1, -0.05) is 18.2 Å². The molecule has 2 amide bonds. The van der Waals surface area contributed by atoms with E-state index in [9.17, 15) is 9.59 Å². The number of nitrogens with zero attached hydrogens (tertiary/aromatic N) is 1. The molecule has 2 heterocycles. The summed E-state index contributed by atoms with van der Waals surface area (Å²) in [5.74, 6) is -0.406. The van der Waals surface area contributed by atoms with Crippen LogP contribution in [0.5, 0.6) is 0 Å². The molecule has 0 bridgehead atoms. The van der Waals surface area contributed by atoms with Crippen LogP contribution < -0.4 is 10.6 Å². The highest BCUT2D eigenvalue weighted by molar-refractivity contribution is 7.17. The Morgan fingerprint density at radius 1 is 1.00 bits per heavy atom. The molecule has 27 heavy (non-hydrogen) atoms. The molecule has 5 nitrogen and oxygen atoms in total. The van der Waals surface area contributed by atoms with Gasteiger partial charge in [0.15, 0.2) is 0 Å². The van der Waals surface area contributed by atoms with E-state index in [1.807, 2.05) is 31.2 Å². The summed E-state index contributed by atoms with van der Waals surface area (Å²) in [5, 5.41) is 6.55. The Morgan fingerprint density at radius 3 is 2.56 bits per heavy atom. The van der Waals surface area contributed by atoms with E-state index in [-0.39, 0.29) is 11.8 Å². The largest absolute Gasteiger partial charge is 0.322 e. The maximum absolute atomic E-state index is 13.1. The highest BCUT2D eigenvalue weighted by atomic mass is 32.1. The molecule has 1 aromatic carbocycles. The van der Waals surface area contributed by atoms with Crippen molar-refractivity contribution in [1.82, 2.24) is 4.98 Å². The number of pyridine rings is 1. The van der Waals surface area contributed by atoms with Crippen molar-refractivity contribution in [2.75, 3.05) is 10.6 Å². The molecule has 0 saturated carbocycles. The van der Waals surface area contributed by atoms with Crippen molar-refractivity contribution in [3.8, 4) is 0 Å². The van der Waals surface area contributed by atoms with Crippen LogP contribution in [0.3, 0.4) is 0 Å². The van der Waals surface area contributed by atoms with E-state index < -0.39 is 0 Å². The first-order valence-electron chi connectivity index (χ1n) is 8.86. The van der Waals surface area contributed by atoms with Crippen LogP contribution in [-0.2, 0) is 12.8 Å². The monoisotopic (exact) mass is 377 g/mol. The fourth-order valence-corrected chi connectivity index (χ4v) is 4.59. The van der Waals surface area contributed by atoms with Crippen LogP contribution in [-0.4, -0.2) is 16.8 Å². The number of rotatable bonds is 4. The first-order chi connectivity index (χ1) is 13.1. The summed E-state index contributed by atoms with van der Waals surface area (Å²) < 4.78 is 0.